The van der Waals surface area contributed by atoms with Gasteiger partial charge in [-0.05, 0) is 5.56 Å². The number of hydrogen-bond acceptors (Lipinski definition) is 3. The fraction of sp³-hybridized carbons (Fsp3) is 0.182. The second kappa shape index (κ2) is 6.24. The summed E-state index contributed by atoms with van der Waals surface area (Å²) in [5, 5.41) is 11.2. The molecule has 0 saturated carbocycles. The number of benzene rings is 1. The number of aliphatic carboxylic acids is 1. The number of carbonyl (C=O) groups is 3. The Morgan fingerprint density at radius 2 is 1.72 bits per heavy atom. The molecule has 0 aliphatic carbocycles. The minimum atomic E-state index is -1.20. The van der Waals surface area contributed by atoms with Gasteiger partial charge in [-0.2, -0.15) is 0 Å². The van der Waals surface area contributed by atoms with Crippen LogP contribution in [0, 0.1) is 0 Å². The van der Waals surface area contributed by atoms with Gasteiger partial charge in [0.25, 0.3) is 0 Å². The van der Waals surface area contributed by atoms with Crippen LogP contribution in [0.5, 0.6) is 0 Å². The molecule has 0 aliphatic heterocycles. The van der Waals surface area contributed by atoms with E-state index in [-0.39, 0.29) is 0 Å². The first kappa shape index (κ1) is 13.5. The molecule has 1 unspecified atom stereocenters. The number of rotatable bonds is 3. The number of urea groups is 1. The van der Waals surface area contributed by atoms with E-state index in [4.69, 9.17) is 5.11 Å². The predicted molar refractivity (Wildman–Crippen MR) is 62.3 cm³/mol. The number of nitrogens with one attached hydrogen (secondary N) is 3. The Labute approximate surface area is 103 Å². The van der Waals surface area contributed by atoms with Crippen molar-refractivity contribution in [2.24, 2.45) is 0 Å². The molecule has 1 atom stereocenters. The fourth-order valence-electron chi connectivity index (χ4n) is 1.25. The third-order valence-corrected chi connectivity index (χ3v) is 2.01. The van der Waals surface area contributed by atoms with Crippen molar-refractivity contribution in [1.82, 2.24) is 16.2 Å². The number of hydrogen-bond donors (Lipinski definition) is 4. The molecule has 18 heavy (non-hydrogen) atoms. The molecule has 7 heteroatoms. The molecule has 0 saturated heterocycles. The van der Waals surface area contributed by atoms with Crippen molar-refractivity contribution in [3.63, 3.8) is 0 Å². The van der Waals surface area contributed by atoms with Crippen LogP contribution in [0.15, 0.2) is 30.3 Å². The monoisotopic (exact) mass is 251 g/mol. The van der Waals surface area contributed by atoms with E-state index in [1.54, 1.807) is 30.3 Å². The van der Waals surface area contributed by atoms with Gasteiger partial charge in [-0.1, -0.05) is 30.3 Å². The first-order valence-electron chi connectivity index (χ1n) is 5.11. The molecule has 1 aromatic rings. The Morgan fingerprint density at radius 1 is 1.11 bits per heavy atom. The molecule has 0 heterocycles. The number of carbonyl (C=O) groups excluding carboxylic acids is 2. The summed E-state index contributed by atoms with van der Waals surface area (Å²) in [6, 6.07) is 6.24. The van der Waals surface area contributed by atoms with Crippen LogP contribution in [0.25, 0.3) is 0 Å². The summed E-state index contributed by atoms with van der Waals surface area (Å²) in [5.74, 6) is -1.66. The summed E-state index contributed by atoms with van der Waals surface area (Å²) in [6.45, 7) is 1.21. The molecular formula is C11H13N3O4. The van der Waals surface area contributed by atoms with Crippen LogP contribution in [0.3, 0.4) is 0 Å². The molecule has 7 nitrogen and oxygen atoms in total. The van der Waals surface area contributed by atoms with Crippen molar-refractivity contribution < 1.29 is 19.5 Å². The van der Waals surface area contributed by atoms with Crippen molar-refractivity contribution in [3.05, 3.63) is 35.9 Å². The molecule has 0 bridgehead atoms. The summed E-state index contributed by atoms with van der Waals surface area (Å²) in [4.78, 5) is 32.9. The number of hydrazine groups is 1. The normalized spacial score (nSPS) is 11.2. The summed E-state index contributed by atoms with van der Waals surface area (Å²) in [7, 11) is 0. The first-order valence-corrected chi connectivity index (χ1v) is 5.11. The second-order valence-electron chi connectivity index (χ2n) is 3.46. The standard InChI is InChI=1S/C11H13N3O4/c1-7(15)13-14-11(18)12-9(10(16)17)8-5-3-2-4-6-8/h2-6,9H,1H3,(H,13,15)(H,16,17)(H2,12,14,18). The Balaban J connectivity index is 2.67. The molecule has 1 rings (SSSR count). The van der Waals surface area contributed by atoms with Crippen molar-refractivity contribution >= 4 is 17.9 Å². The van der Waals surface area contributed by atoms with Gasteiger partial charge in [-0.3, -0.25) is 10.2 Å². The number of carboxylic acids is 1. The van der Waals surface area contributed by atoms with Gasteiger partial charge in [0, 0.05) is 6.92 Å². The average Bonchev–Trinajstić information content (AvgIpc) is 2.34. The van der Waals surface area contributed by atoms with Gasteiger partial charge >= 0.3 is 12.0 Å². The Bertz CT molecular complexity index is 447. The van der Waals surface area contributed by atoms with E-state index >= 15 is 0 Å². The Kier molecular flexibility index (Phi) is 4.67. The van der Waals surface area contributed by atoms with Gasteiger partial charge in [-0.15, -0.1) is 0 Å². The Hall–Kier alpha value is -2.57. The first-order chi connectivity index (χ1) is 8.50. The van der Waals surface area contributed by atoms with E-state index < -0.39 is 23.9 Å². The summed E-state index contributed by atoms with van der Waals surface area (Å²) >= 11 is 0. The minimum Gasteiger partial charge on any atom is -0.479 e. The van der Waals surface area contributed by atoms with Crippen molar-refractivity contribution in [2.75, 3.05) is 0 Å². The van der Waals surface area contributed by atoms with Gasteiger partial charge in [-0.25, -0.2) is 15.0 Å². The molecule has 96 valence electrons. The molecule has 0 spiro atoms. The van der Waals surface area contributed by atoms with Crippen LogP contribution in [0.2, 0.25) is 0 Å². The second-order valence-corrected chi connectivity index (χ2v) is 3.46. The molecule has 1 aromatic carbocycles. The molecule has 4 N–H and O–H groups in total. The molecule has 3 amide bonds. The van der Waals surface area contributed by atoms with Gasteiger partial charge < -0.3 is 10.4 Å². The highest BCUT2D eigenvalue weighted by molar-refractivity contribution is 5.85. The summed E-state index contributed by atoms with van der Waals surface area (Å²) < 4.78 is 0. The topological polar surface area (TPSA) is 108 Å². The van der Waals surface area contributed by atoms with Crippen molar-refractivity contribution in [1.29, 1.82) is 0 Å². The zero-order valence-electron chi connectivity index (χ0n) is 9.64. The van der Waals surface area contributed by atoms with Gasteiger partial charge in [0.2, 0.25) is 5.91 Å². The highest BCUT2D eigenvalue weighted by atomic mass is 16.4. The van der Waals surface area contributed by atoms with Crippen LogP contribution in [-0.4, -0.2) is 23.0 Å². The van der Waals surface area contributed by atoms with E-state index in [0.717, 1.165) is 0 Å². The molecular weight excluding hydrogens is 238 g/mol. The van der Waals surface area contributed by atoms with Gasteiger partial charge in [0.1, 0.15) is 0 Å². The SMILES string of the molecule is CC(=O)NNC(=O)NC(C(=O)O)c1ccccc1. The minimum absolute atomic E-state index is 0.433. The lowest BCUT2D eigenvalue weighted by atomic mass is 10.1. The predicted octanol–water partition coefficient (Wildman–Crippen LogP) is 0.163. The van der Waals surface area contributed by atoms with E-state index in [0.29, 0.717) is 5.56 Å². The van der Waals surface area contributed by atoms with Crippen LogP contribution in [0.4, 0.5) is 4.79 Å². The van der Waals surface area contributed by atoms with E-state index in [2.05, 4.69) is 5.32 Å². The lowest BCUT2D eigenvalue weighted by Gasteiger charge is -2.15. The highest BCUT2D eigenvalue weighted by Gasteiger charge is 2.21. The van der Waals surface area contributed by atoms with Crippen LogP contribution >= 0.6 is 0 Å². The fourth-order valence-corrected chi connectivity index (χ4v) is 1.25. The van der Waals surface area contributed by atoms with Gasteiger partial charge in [0.05, 0.1) is 0 Å². The summed E-state index contributed by atoms with van der Waals surface area (Å²) in [5.41, 5.74) is 4.50. The zero-order valence-corrected chi connectivity index (χ0v) is 9.64. The third-order valence-electron chi connectivity index (χ3n) is 2.01. The molecule has 0 fully saturated rings. The molecule has 0 aromatic heterocycles. The van der Waals surface area contributed by atoms with E-state index in [1.165, 1.54) is 6.92 Å². The maximum atomic E-state index is 11.3. The Morgan fingerprint density at radius 3 is 2.22 bits per heavy atom. The summed E-state index contributed by atoms with van der Waals surface area (Å²) in [6.07, 6.45) is 0. The lowest BCUT2D eigenvalue weighted by Crippen LogP contribution is -2.48. The maximum absolute atomic E-state index is 11.3. The zero-order chi connectivity index (χ0) is 13.5. The quantitative estimate of drug-likeness (QED) is 0.574. The number of carboxylic acid groups (broad SMARTS) is 1. The highest BCUT2D eigenvalue weighted by Crippen LogP contribution is 2.12. The van der Waals surface area contributed by atoms with Crippen LogP contribution in [0.1, 0.15) is 18.5 Å². The maximum Gasteiger partial charge on any atom is 0.334 e. The molecule has 0 radical (unpaired) electrons. The smallest absolute Gasteiger partial charge is 0.334 e. The van der Waals surface area contributed by atoms with Crippen molar-refractivity contribution in [2.45, 2.75) is 13.0 Å². The third kappa shape index (κ3) is 4.12. The van der Waals surface area contributed by atoms with Crippen LogP contribution in [-0.2, 0) is 9.59 Å². The van der Waals surface area contributed by atoms with E-state index in [9.17, 15) is 14.4 Å². The van der Waals surface area contributed by atoms with Crippen molar-refractivity contribution in [3.8, 4) is 0 Å². The molecule has 0 aliphatic rings. The average molecular weight is 251 g/mol. The largest absolute Gasteiger partial charge is 0.479 e. The van der Waals surface area contributed by atoms with Gasteiger partial charge in [0.15, 0.2) is 6.04 Å². The van der Waals surface area contributed by atoms with E-state index in [1.807, 2.05) is 10.9 Å². The number of amides is 3. The van der Waals surface area contributed by atoms with Crippen LogP contribution < -0.4 is 16.2 Å². The lowest BCUT2D eigenvalue weighted by molar-refractivity contribution is -0.139.